The van der Waals surface area contributed by atoms with Crippen LogP contribution in [0.3, 0.4) is 0 Å². The number of carboxylic acid groups (broad SMARTS) is 1. The number of nitrogens with zero attached hydrogens (tertiary/aromatic N) is 1. The predicted molar refractivity (Wildman–Crippen MR) is 72.0 cm³/mol. The molecule has 5 heteroatoms. The Kier molecular flexibility index (Phi) is 3.20. The molecular formula is C13H21NO3Si. The van der Waals surface area contributed by atoms with Crippen LogP contribution in [-0.2, 0) is 0 Å². The molecule has 0 aromatic carbocycles. The highest BCUT2D eigenvalue weighted by Gasteiger charge is 2.48. The Morgan fingerprint density at radius 2 is 1.78 bits per heavy atom. The monoisotopic (exact) mass is 267 g/mol. The van der Waals surface area contributed by atoms with Gasteiger partial charge in [-0.1, -0.05) is 25.6 Å². The van der Waals surface area contributed by atoms with Gasteiger partial charge in [-0.25, -0.2) is 4.79 Å². The minimum atomic E-state index is -1.50. The third-order valence-corrected chi connectivity index (χ3v) is 4.53. The first-order chi connectivity index (χ1) is 8.20. The van der Waals surface area contributed by atoms with Crippen molar-refractivity contribution in [3.63, 3.8) is 0 Å². The van der Waals surface area contributed by atoms with Gasteiger partial charge in [0.05, 0.1) is 0 Å². The summed E-state index contributed by atoms with van der Waals surface area (Å²) in [6.07, 6.45) is 1.78. The maximum atomic E-state index is 11.2. The van der Waals surface area contributed by atoms with Gasteiger partial charge in [-0.3, -0.25) is 0 Å². The van der Waals surface area contributed by atoms with Gasteiger partial charge in [-0.15, -0.1) is 5.54 Å². The molecule has 0 aromatic heterocycles. The Morgan fingerprint density at radius 1 is 1.28 bits per heavy atom. The van der Waals surface area contributed by atoms with Crippen LogP contribution in [0.2, 0.25) is 19.6 Å². The first-order valence-corrected chi connectivity index (χ1v) is 9.98. The van der Waals surface area contributed by atoms with Crippen molar-refractivity contribution in [1.82, 2.24) is 4.90 Å². The van der Waals surface area contributed by atoms with E-state index in [1.807, 2.05) is 0 Å². The van der Waals surface area contributed by atoms with Crippen molar-refractivity contribution < 1.29 is 15.0 Å². The lowest BCUT2D eigenvalue weighted by molar-refractivity contribution is -0.00375. The molecule has 0 spiro atoms. The highest BCUT2D eigenvalue weighted by Crippen LogP contribution is 2.40. The summed E-state index contributed by atoms with van der Waals surface area (Å²) >= 11 is 0. The Morgan fingerprint density at radius 3 is 2.17 bits per heavy atom. The molecule has 2 atom stereocenters. The molecule has 4 nitrogen and oxygen atoms in total. The molecule has 2 aliphatic heterocycles. The fourth-order valence-electron chi connectivity index (χ4n) is 2.94. The third-order valence-electron chi connectivity index (χ3n) is 3.66. The minimum Gasteiger partial charge on any atom is -0.465 e. The molecule has 1 amide bonds. The van der Waals surface area contributed by atoms with E-state index in [1.54, 1.807) is 0 Å². The molecule has 18 heavy (non-hydrogen) atoms. The normalized spacial score (nSPS) is 35.0. The number of piperidine rings is 1. The lowest BCUT2D eigenvalue weighted by atomic mass is 9.87. The summed E-state index contributed by atoms with van der Waals surface area (Å²) in [6, 6.07) is -0.107. The first-order valence-electron chi connectivity index (χ1n) is 6.48. The molecule has 0 aromatic rings. The van der Waals surface area contributed by atoms with Crippen LogP contribution in [0.5, 0.6) is 0 Å². The third kappa shape index (κ3) is 2.70. The van der Waals surface area contributed by atoms with Gasteiger partial charge in [0.1, 0.15) is 13.7 Å². The average molecular weight is 267 g/mol. The van der Waals surface area contributed by atoms with Gasteiger partial charge < -0.3 is 15.1 Å². The van der Waals surface area contributed by atoms with Gasteiger partial charge in [0.2, 0.25) is 0 Å². The maximum absolute atomic E-state index is 11.2. The van der Waals surface area contributed by atoms with Crippen molar-refractivity contribution in [3.8, 4) is 11.5 Å². The van der Waals surface area contributed by atoms with Gasteiger partial charge in [0, 0.05) is 24.9 Å². The number of carbonyl (C=O) groups is 1. The molecule has 0 radical (unpaired) electrons. The summed E-state index contributed by atoms with van der Waals surface area (Å²) in [5.41, 5.74) is 2.24. The standard InChI is InChI=1S/C13H21NO3Si/c1-18(2,3)7-6-13(17)8-10-4-5-11(9-13)14(10)12(15)16/h10-11,17H,4-5,8-9H2,1-3H3,(H,15,16). The molecule has 2 heterocycles. The molecule has 0 aliphatic carbocycles. The summed E-state index contributed by atoms with van der Waals surface area (Å²) in [5.74, 6) is 3.05. The van der Waals surface area contributed by atoms with Crippen LogP contribution < -0.4 is 0 Å². The van der Waals surface area contributed by atoms with Crippen LogP contribution in [0.15, 0.2) is 0 Å². The zero-order valence-electron chi connectivity index (χ0n) is 11.2. The predicted octanol–water partition coefficient (Wildman–Crippen LogP) is 1.90. The Labute approximate surface area is 109 Å². The molecule has 100 valence electrons. The number of fused-ring (bicyclic) bond motifs is 2. The van der Waals surface area contributed by atoms with E-state index in [4.69, 9.17) is 5.11 Å². The lowest BCUT2D eigenvalue weighted by Gasteiger charge is -2.40. The number of aliphatic hydroxyl groups is 1. The van der Waals surface area contributed by atoms with Crippen molar-refractivity contribution >= 4 is 14.2 Å². The van der Waals surface area contributed by atoms with Gasteiger partial charge in [0.25, 0.3) is 0 Å². The van der Waals surface area contributed by atoms with E-state index in [9.17, 15) is 9.90 Å². The fraction of sp³-hybridized carbons (Fsp3) is 0.769. The second kappa shape index (κ2) is 4.28. The van der Waals surface area contributed by atoms with Crippen molar-refractivity contribution in [2.24, 2.45) is 0 Å². The fourth-order valence-corrected chi connectivity index (χ4v) is 3.55. The van der Waals surface area contributed by atoms with E-state index in [2.05, 4.69) is 31.1 Å². The minimum absolute atomic E-state index is 0.0535. The summed E-state index contributed by atoms with van der Waals surface area (Å²) in [6.45, 7) is 6.43. The second-order valence-electron chi connectivity index (χ2n) is 6.51. The molecule has 2 aliphatic rings. The van der Waals surface area contributed by atoms with Crippen LogP contribution in [-0.4, -0.2) is 47.0 Å². The van der Waals surface area contributed by atoms with Gasteiger partial charge >= 0.3 is 6.09 Å². The topological polar surface area (TPSA) is 60.8 Å². The lowest BCUT2D eigenvalue weighted by Crippen LogP contribution is -2.52. The highest BCUT2D eigenvalue weighted by molar-refractivity contribution is 6.83. The van der Waals surface area contributed by atoms with E-state index < -0.39 is 19.8 Å². The van der Waals surface area contributed by atoms with E-state index in [0.717, 1.165) is 12.8 Å². The second-order valence-corrected chi connectivity index (χ2v) is 11.3. The van der Waals surface area contributed by atoms with Crippen molar-refractivity contribution in [2.75, 3.05) is 0 Å². The number of amides is 1. The zero-order chi connectivity index (χ0) is 13.6. The number of rotatable bonds is 0. The van der Waals surface area contributed by atoms with E-state index in [-0.39, 0.29) is 12.1 Å². The summed E-state index contributed by atoms with van der Waals surface area (Å²) < 4.78 is 0. The summed E-state index contributed by atoms with van der Waals surface area (Å²) in [7, 11) is -1.50. The largest absolute Gasteiger partial charge is 0.465 e. The van der Waals surface area contributed by atoms with Crippen LogP contribution in [0.25, 0.3) is 0 Å². The smallest absolute Gasteiger partial charge is 0.407 e. The van der Waals surface area contributed by atoms with Crippen molar-refractivity contribution in [2.45, 2.75) is 63.0 Å². The molecule has 0 saturated carbocycles. The molecule has 2 N–H and O–H groups in total. The maximum Gasteiger partial charge on any atom is 0.407 e. The molecular weight excluding hydrogens is 246 g/mol. The van der Waals surface area contributed by atoms with Gasteiger partial charge in [0.15, 0.2) is 0 Å². The van der Waals surface area contributed by atoms with Crippen LogP contribution in [0.1, 0.15) is 25.7 Å². The summed E-state index contributed by atoms with van der Waals surface area (Å²) in [5, 5.41) is 19.7. The average Bonchev–Trinajstić information content (AvgIpc) is 2.49. The first kappa shape index (κ1) is 13.4. The van der Waals surface area contributed by atoms with E-state index in [1.165, 1.54) is 4.90 Å². The molecule has 2 unspecified atom stereocenters. The SMILES string of the molecule is C[Si](C)(C)C#CC1(O)CC2CCC(C1)N2C(=O)O. The Hall–Kier alpha value is -0.993. The van der Waals surface area contributed by atoms with E-state index in [0.29, 0.717) is 12.8 Å². The Balaban J connectivity index is 2.16. The molecule has 2 bridgehead atoms. The van der Waals surface area contributed by atoms with Crippen LogP contribution >= 0.6 is 0 Å². The van der Waals surface area contributed by atoms with Crippen LogP contribution in [0, 0.1) is 11.5 Å². The number of hydrogen-bond donors (Lipinski definition) is 2. The quantitative estimate of drug-likeness (QED) is 0.520. The van der Waals surface area contributed by atoms with Gasteiger partial charge in [-0.2, -0.15) is 0 Å². The Bertz CT molecular complexity index is 404. The van der Waals surface area contributed by atoms with Gasteiger partial charge in [-0.05, 0) is 12.8 Å². The zero-order valence-corrected chi connectivity index (χ0v) is 12.2. The highest BCUT2D eigenvalue weighted by atomic mass is 28.3. The van der Waals surface area contributed by atoms with Crippen LogP contribution in [0.4, 0.5) is 4.79 Å². The molecule has 2 rings (SSSR count). The summed E-state index contributed by atoms with van der Waals surface area (Å²) in [4.78, 5) is 12.7. The van der Waals surface area contributed by atoms with E-state index >= 15 is 0 Å². The molecule has 2 saturated heterocycles. The van der Waals surface area contributed by atoms with Crippen molar-refractivity contribution in [3.05, 3.63) is 0 Å². The van der Waals surface area contributed by atoms with Crippen molar-refractivity contribution in [1.29, 1.82) is 0 Å². The molecule has 2 fully saturated rings. The number of hydrogen-bond acceptors (Lipinski definition) is 2.